The van der Waals surface area contributed by atoms with E-state index in [1.165, 1.54) is 31.5 Å². The molecule has 104 valence electrons. The molecule has 0 aromatic heterocycles. The van der Waals surface area contributed by atoms with E-state index < -0.39 is 0 Å². The average Bonchev–Trinajstić information content (AvgIpc) is 2.93. The van der Waals surface area contributed by atoms with E-state index in [4.69, 9.17) is 4.74 Å². The quantitative estimate of drug-likeness (QED) is 0.904. The third-order valence-corrected chi connectivity index (χ3v) is 4.27. The fourth-order valence-corrected chi connectivity index (χ4v) is 3.14. The normalized spacial score (nSPS) is 23.3. The summed E-state index contributed by atoms with van der Waals surface area (Å²) in [5.74, 6) is 0.902. The molecule has 0 radical (unpaired) electrons. The summed E-state index contributed by atoms with van der Waals surface area (Å²) >= 11 is 0. The molecule has 1 aliphatic heterocycles. The molecule has 1 heterocycles. The van der Waals surface area contributed by atoms with Gasteiger partial charge in [0.15, 0.2) is 0 Å². The number of aliphatic hydroxyl groups excluding tert-OH is 1. The lowest BCUT2D eigenvalue weighted by Crippen LogP contribution is -2.25. The first kappa shape index (κ1) is 12.9. The van der Waals surface area contributed by atoms with Crippen LogP contribution in [0.2, 0.25) is 0 Å². The Morgan fingerprint density at radius 2 is 2.05 bits per heavy atom. The number of nitrogens with zero attached hydrogens (tertiary/aromatic N) is 1. The van der Waals surface area contributed by atoms with E-state index in [0.717, 1.165) is 43.7 Å². The molecule has 1 fully saturated rings. The van der Waals surface area contributed by atoms with E-state index >= 15 is 0 Å². The van der Waals surface area contributed by atoms with Gasteiger partial charge in [-0.1, -0.05) is 6.07 Å². The topological polar surface area (TPSA) is 32.7 Å². The Bertz CT molecular complexity index is 427. The summed E-state index contributed by atoms with van der Waals surface area (Å²) in [6.07, 6.45) is 5.40. The second kappa shape index (κ2) is 5.93. The minimum Gasteiger partial charge on any atom is -0.492 e. The van der Waals surface area contributed by atoms with Crippen LogP contribution < -0.4 is 4.74 Å². The van der Waals surface area contributed by atoms with Crippen molar-refractivity contribution in [2.75, 3.05) is 26.2 Å². The molecule has 2 aliphatic rings. The highest BCUT2D eigenvalue weighted by Gasteiger charge is 2.18. The lowest BCUT2D eigenvalue weighted by atomic mass is 9.89. The van der Waals surface area contributed by atoms with Crippen molar-refractivity contribution < 1.29 is 9.84 Å². The average molecular weight is 261 g/mol. The fourth-order valence-electron chi connectivity index (χ4n) is 3.14. The number of ether oxygens (including phenoxy) is 1. The molecule has 3 heteroatoms. The Balaban J connectivity index is 1.57. The van der Waals surface area contributed by atoms with Crippen LogP contribution in [0.1, 0.15) is 42.9 Å². The van der Waals surface area contributed by atoms with Crippen molar-refractivity contribution in [1.82, 2.24) is 4.90 Å². The van der Waals surface area contributed by atoms with Crippen molar-refractivity contribution >= 4 is 0 Å². The Labute approximate surface area is 115 Å². The van der Waals surface area contributed by atoms with Crippen molar-refractivity contribution in [3.05, 3.63) is 29.3 Å². The lowest BCUT2D eigenvalue weighted by Gasteiger charge is -2.22. The molecule has 1 N–H and O–H groups in total. The second-order valence-corrected chi connectivity index (χ2v) is 5.67. The van der Waals surface area contributed by atoms with Gasteiger partial charge in [0.25, 0.3) is 0 Å². The summed E-state index contributed by atoms with van der Waals surface area (Å²) in [6, 6.07) is 6.19. The zero-order valence-corrected chi connectivity index (χ0v) is 11.5. The van der Waals surface area contributed by atoms with Crippen molar-refractivity contribution in [2.24, 2.45) is 0 Å². The Kier molecular flexibility index (Phi) is 4.04. The monoisotopic (exact) mass is 261 g/mol. The molecule has 0 amide bonds. The van der Waals surface area contributed by atoms with E-state index in [1.807, 2.05) is 12.1 Å². The van der Waals surface area contributed by atoms with Gasteiger partial charge in [-0.15, -0.1) is 0 Å². The van der Waals surface area contributed by atoms with E-state index in [0.29, 0.717) is 0 Å². The number of benzene rings is 1. The summed E-state index contributed by atoms with van der Waals surface area (Å²) in [4.78, 5) is 2.45. The van der Waals surface area contributed by atoms with Crippen LogP contribution in [0.15, 0.2) is 18.2 Å². The molecule has 0 spiro atoms. The molecule has 1 atom stereocenters. The largest absolute Gasteiger partial charge is 0.492 e. The third kappa shape index (κ3) is 3.10. The van der Waals surface area contributed by atoms with E-state index in [-0.39, 0.29) is 6.10 Å². The molecule has 1 saturated heterocycles. The maximum Gasteiger partial charge on any atom is 0.119 e. The molecule has 1 aromatic rings. The maximum absolute atomic E-state index is 10.0. The summed E-state index contributed by atoms with van der Waals surface area (Å²) < 4.78 is 5.83. The van der Waals surface area contributed by atoms with Crippen LogP contribution in [0.3, 0.4) is 0 Å². The standard InChI is InChI=1S/C16H23NO2/c18-16-5-3-4-13-6-7-14(12-15(13)16)19-11-10-17-8-1-2-9-17/h6-7,12,16,18H,1-5,8-11H2/t16-/m1/s1. The molecule has 19 heavy (non-hydrogen) atoms. The van der Waals surface area contributed by atoms with Crippen LogP contribution in [0.5, 0.6) is 5.75 Å². The molecule has 0 bridgehead atoms. The Hall–Kier alpha value is -1.06. The molecule has 1 aliphatic carbocycles. The predicted molar refractivity (Wildman–Crippen MR) is 75.5 cm³/mol. The first-order chi connectivity index (χ1) is 9.33. The minimum absolute atomic E-state index is 0.300. The van der Waals surface area contributed by atoms with Gasteiger partial charge in [-0.3, -0.25) is 4.90 Å². The minimum atomic E-state index is -0.300. The van der Waals surface area contributed by atoms with Crippen LogP contribution in [0, 0.1) is 0 Å². The number of fused-ring (bicyclic) bond motifs is 1. The maximum atomic E-state index is 10.0. The summed E-state index contributed by atoms with van der Waals surface area (Å²) in [6.45, 7) is 4.19. The van der Waals surface area contributed by atoms with Crippen molar-refractivity contribution in [2.45, 2.75) is 38.2 Å². The number of rotatable bonds is 4. The molecule has 1 aromatic carbocycles. The van der Waals surface area contributed by atoms with Gasteiger partial charge in [0.2, 0.25) is 0 Å². The second-order valence-electron chi connectivity index (χ2n) is 5.67. The molecular weight excluding hydrogens is 238 g/mol. The number of aryl methyl sites for hydroxylation is 1. The zero-order chi connectivity index (χ0) is 13.1. The van der Waals surface area contributed by atoms with E-state index in [1.54, 1.807) is 0 Å². The number of hydrogen-bond acceptors (Lipinski definition) is 3. The van der Waals surface area contributed by atoms with Crippen LogP contribution >= 0.6 is 0 Å². The van der Waals surface area contributed by atoms with Gasteiger partial charge in [-0.05, 0) is 68.5 Å². The summed E-state index contributed by atoms with van der Waals surface area (Å²) in [5.41, 5.74) is 2.36. The lowest BCUT2D eigenvalue weighted by molar-refractivity contribution is 0.155. The van der Waals surface area contributed by atoms with E-state index in [9.17, 15) is 5.11 Å². The van der Waals surface area contributed by atoms with Gasteiger partial charge < -0.3 is 9.84 Å². The van der Waals surface area contributed by atoms with Crippen LogP contribution in [0.25, 0.3) is 0 Å². The summed E-state index contributed by atoms with van der Waals surface area (Å²) in [5, 5.41) is 10.0. The van der Waals surface area contributed by atoms with Gasteiger partial charge >= 0.3 is 0 Å². The zero-order valence-electron chi connectivity index (χ0n) is 11.5. The SMILES string of the molecule is O[C@@H]1CCCc2ccc(OCCN3CCCC3)cc21. The highest BCUT2D eigenvalue weighted by molar-refractivity contribution is 5.38. The molecule has 3 rings (SSSR count). The van der Waals surface area contributed by atoms with Gasteiger partial charge in [-0.2, -0.15) is 0 Å². The first-order valence-corrected chi connectivity index (χ1v) is 7.49. The summed E-state index contributed by atoms with van der Waals surface area (Å²) in [7, 11) is 0. The smallest absolute Gasteiger partial charge is 0.119 e. The first-order valence-electron chi connectivity index (χ1n) is 7.49. The highest BCUT2D eigenvalue weighted by atomic mass is 16.5. The van der Waals surface area contributed by atoms with Gasteiger partial charge in [0.05, 0.1) is 6.10 Å². The van der Waals surface area contributed by atoms with Crippen molar-refractivity contribution in [3.63, 3.8) is 0 Å². The van der Waals surface area contributed by atoms with Gasteiger partial charge in [0.1, 0.15) is 12.4 Å². The van der Waals surface area contributed by atoms with E-state index in [2.05, 4.69) is 11.0 Å². The highest BCUT2D eigenvalue weighted by Crippen LogP contribution is 2.32. The van der Waals surface area contributed by atoms with Crippen LogP contribution in [-0.4, -0.2) is 36.2 Å². The number of hydrogen-bond donors (Lipinski definition) is 1. The van der Waals surface area contributed by atoms with Crippen LogP contribution in [-0.2, 0) is 6.42 Å². The van der Waals surface area contributed by atoms with Gasteiger partial charge in [0, 0.05) is 6.54 Å². The number of aliphatic hydroxyl groups is 1. The van der Waals surface area contributed by atoms with Crippen LogP contribution in [0.4, 0.5) is 0 Å². The Morgan fingerprint density at radius 1 is 1.21 bits per heavy atom. The van der Waals surface area contributed by atoms with Crippen molar-refractivity contribution in [3.8, 4) is 5.75 Å². The molecule has 0 saturated carbocycles. The fraction of sp³-hybridized carbons (Fsp3) is 0.625. The predicted octanol–water partition coefficient (Wildman–Crippen LogP) is 2.53. The molecular formula is C16H23NO2. The third-order valence-electron chi connectivity index (χ3n) is 4.27. The van der Waals surface area contributed by atoms with Gasteiger partial charge in [-0.25, -0.2) is 0 Å². The van der Waals surface area contributed by atoms with Crippen molar-refractivity contribution in [1.29, 1.82) is 0 Å². The molecule has 0 unspecified atom stereocenters. The Morgan fingerprint density at radius 3 is 2.89 bits per heavy atom. The number of likely N-dealkylation sites (tertiary alicyclic amines) is 1. The molecule has 3 nitrogen and oxygen atoms in total.